The molecule has 0 radical (unpaired) electrons. The zero-order valence-corrected chi connectivity index (χ0v) is 17.7. The molecule has 162 valence electrons. The van der Waals surface area contributed by atoms with E-state index in [2.05, 4.69) is 27.1 Å². The number of nitrogens with zero attached hydrogens (tertiary/aromatic N) is 5. The van der Waals surface area contributed by atoms with Crippen molar-refractivity contribution in [1.82, 2.24) is 28.9 Å². The zero-order chi connectivity index (χ0) is 20.9. The first kappa shape index (κ1) is 19.9. The molecule has 1 saturated heterocycles. The Morgan fingerprint density at radius 2 is 2.10 bits per heavy atom. The van der Waals surface area contributed by atoms with Gasteiger partial charge >= 0.3 is 0 Å². The number of aliphatic hydroxyl groups is 1. The lowest BCUT2D eigenvalue weighted by atomic mass is 9.93. The van der Waals surface area contributed by atoms with E-state index in [0.29, 0.717) is 44.8 Å². The third-order valence-electron chi connectivity index (χ3n) is 6.45. The Labute approximate surface area is 174 Å². The number of ether oxygens (including phenoxy) is 1. The van der Waals surface area contributed by atoms with E-state index < -0.39 is 15.6 Å². The van der Waals surface area contributed by atoms with Gasteiger partial charge in [-0.2, -0.15) is 4.31 Å². The molecule has 11 heteroatoms. The lowest BCUT2D eigenvalue weighted by Gasteiger charge is -2.30. The summed E-state index contributed by atoms with van der Waals surface area (Å²) in [5, 5.41) is 20.1. The van der Waals surface area contributed by atoms with Gasteiger partial charge in [-0.25, -0.2) is 13.4 Å². The van der Waals surface area contributed by atoms with Crippen molar-refractivity contribution in [3.63, 3.8) is 0 Å². The minimum absolute atomic E-state index is 0.0876. The molecular formula is C19H26N6O4S. The molecule has 30 heavy (non-hydrogen) atoms. The molecule has 0 aromatic carbocycles. The van der Waals surface area contributed by atoms with E-state index in [1.807, 2.05) is 16.7 Å². The molecular weight excluding hydrogens is 408 g/mol. The van der Waals surface area contributed by atoms with Crippen LogP contribution in [0, 0.1) is 5.92 Å². The predicted octanol–water partition coefficient (Wildman–Crippen LogP) is 0.902. The SMILES string of the molecule is CC[C@@H]1C[C@@](O)(CS(=O)(=O)N2CCOCC2)C[C@H]1c1nnc2cnc3[nH]ccc3n12. The van der Waals surface area contributed by atoms with E-state index in [-0.39, 0.29) is 17.6 Å². The molecule has 0 unspecified atom stereocenters. The number of H-pyrrole nitrogens is 1. The highest BCUT2D eigenvalue weighted by Crippen LogP contribution is 2.47. The van der Waals surface area contributed by atoms with Crippen molar-refractivity contribution in [3.05, 3.63) is 24.3 Å². The van der Waals surface area contributed by atoms with Gasteiger partial charge in [-0.1, -0.05) is 13.3 Å². The molecule has 5 rings (SSSR count). The number of aromatic nitrogens is 5. The fourth-order valence-electron chi connectivity index (χ4n) is 5.03. The maximum Gasteiger partial charge on any atom is 0.217 e. The van der Waals surface area contributed by atoms with Gasteiger partial charge in [-0.15, -0.1) is 10.2 Å². The van der Waals surface area contributed by atoms with E-state index in [9.17, 15) is 13.5 Å². The van der Waals surface area contributed by atoms with Gasteiger partial charge in [0.05, 0.1) is 36.3 Å². The average Bonchev–Trinajstić information content (AvgIpc) is 3.43. The summed E-state index contributed by atoms with van der Waals surface area (Å²) < 4.78 is 34.6. The van der Waals surface area contributed by atoms with Crippen molar-refractivity contribution in [2.75, 3.05) is 32.1 Å². The van der Waals surface area contributed by atoms with E-state index in [1.54, 1.807) is 6.20 Å². The summed E-state index contributed by atoms with van der Waals surface area (Å²) in [4.78, 5) is 7.45. The number of aromatic amines is 1. The summed E-state index contributed by atoms with van der Waals surface area (Å²) in [6.07, 6.45) is 5.07. The van der Waals surface area contributed by atoms with Gasteiger partial charge in [0.15, 0.2) is 11.3 Å². The topological polar surface area (TPSA) is 126 Å². The summed E-state index contributed by atoms with van der Waals surface area (Å²) in [7, 11) is -3.57. The average molecular weight is 435 g/mol. The summed E-state index contributed by atoms with van der Waals surface area (Å²) >= 11 is 0. The molecule has 1 saturated carbocycles. The van der Waals surface area contributed by atoms with Crippen LogP contribution in [-0.2, 0) is 14.8 Å². The van der Waals surface area contributed by atoms with Crippen LogP contribution in [0.25, 0.3) is 16.8 Å². The normalized spacial score (nSPS) is 28.6. The molecule has 2 aliphatic rings. The minimum Gasteiger partial charge on any atom is -0.389 e. The molecule has 0 bridgehead atoms. The Kier molecular flexibility index (Phi) is 4.80. The molecule has 2 fully saturated rings. The third kappa shape index (κ3) is 3.29. The van der Waals surface area contributed by atoms with Gasteiger partial charge in [0, 0.05) is 25.2 Å². The van der Waals surface area contributed by atoms with Crippen LogP contribution in [0.15, 0.2) is 18.5 Å². The second-order valence-electron chi connectivity index (χ2n) is 8.40. The van der Waals surface area contributed by atoms with Crippen LogP contribution in [0.4, 0.5) is 0 Å². The molecule has 3 aromatic heterocycles. The number of sulfonamides is 1. The first-order valence-corrected chi connectivity index (χ1v) is 12.0. The third-order valence-corrected chi connectivity index (χ3v) is 8.50. The Balaban J connectivity index is 1.47. The number of fused-ring (bicyclic) bond motifs is 3. The Bertz CT molecular complexity index is 1170. The van der Waals surface area contributed by atoms with Crippen LogP contribution in [0.3, 0.4) is 0 Å². The summed E-state index contributed by atoms with van der Waals surface area (Å²) in [6.45, 7) is 3.53. The first-order valence-electron chi connectivity index (χ1n) is 10.4. The van der Waals surface area contributed by atoms with Crippen LogP contribution in [-0.4, -0.2) is 80.1 Å². The van der Waals surface area contributed by atoms with E-state index in [1.165, 1.54) is 4.31 Å². The molecule has 0 spiro atoms. The predicted molar refractivity (Wildman–Crippen MR) is 110 cm³/mol. The van der Waals surface area contributed by atoms with Crippen molar-refractivity contribution < 1.29 is 18.3 Å². The molecule has 3 aromatic rings. The highest BCUT2D eigenvalue weighted by Gasteiger charge is 2.48. The van der Waals surface area contributed by atoms with Crippen LogP contribution in [0.1, 0.15) is 37.9 Å². The maximum atomic E-state index is 13.0. The Hall–Kier alpha value is -2.08. The summed E-state index contributed by atoms with van der Waals surface area (Å²) in [6, 6.07) is 1.92. The standard InChI is InChI=1S/C19H26N6O4S/c1-2-13-9-19(26,12-30(27,28)24-5-7-29-8-6-24)10-14(13)18-23-22-16-11-21-17-15(25(16)18)3-4-20-17/h3-4,11,13-14,20,26H,2,5-10,12H2,1H3/t13-,14-,19+/m1/s1. The number of hydrogen-bond donors (Lipinski definition) is 2. The van der Waals surface area contributed by atoms with Crippen LogP contribution < -0.4 is 0 Å². The number of rotatable bonds is 5. The molecule has 1 aliphatic carbocycles. The number of nitrogens with one attached hydrogen (secondary N) is 1. The van der Waals surface area contributed by atoms with E-state index >= 15 is 0 Å². The molecule has 3 atom stereocenters. The minimum atomic E-state index is -3.57. The second-order valence-corrected chi connectivity index (χ2v) is 10.4. The molecule has 2 N–H and O–H groups in total. The van der Waals surface area contributed by atoms with Crippen molar-refractivity contribution >= 4 is 26.8 Å². The van der Waals surface area contributed by atoms with Gasteiger partial charge < -0.3 is 14.8 Å². The van der Waals surface area contributed by atoms with Crippen molar-refractivity contribution in [2.24, 2.45) is 5.92 Å². The van der Waals surface area contributed by atoms with E-state index in [0.717, 1.165) is 23.4 Å². The second kappa shape index (κ2) is 7.26. The van der Waals surface area contributed by atoms with Crippen LogP contribution in [0.2, 0.25) is 0 Å². The summed E-state index contributed by atoms with van der Waals surface area (Å²) in [5.74, 6) is 0.508. The Morgan fingerprint density at radius 3 is 2.87 bits per heavy atom. The highest BCUT2D eigenvalue weighted by molar-refractivity contribution is 7.89. The molecule has 1 aliphatic heterocycles. The largest absolute Gasteiger partial charge is 0.389 e. The quantitative estimate of drug-likeness (QED) is 0.611. The highest BCUT2D eigenvalue weighted by atomic mass is 32.2. The van der Waals surface area contributed by atoms with Gasteiger partial charge in [-0.05, 0) is 24.8 Å². The number of morpholine rings is 1. The van der Waals surface area contributed by atoms with Gasteiger partial charge in [-0.3, -0.25) is 4.40 Å². The fourth-order valence-corrected chi connectivity index (χ4v) is 6.83. The van der Waals surface area contributed by atoms with Crippen molar-refractivity contribution in [1.29, 1.82) is 0 Å². The number of hydrogen-bond acceptors (Lipinski definition) is 7. The monoisotopic (exact) mass is 434 g/mol. The summed E-state index contributed by atoms with van der Waals surface area (Å²) in [5.41, 5.74) is 0.959. The van der Waals surface area contributed by atoms with Crippen LogP contribution >= 0.6 is 0 Å². The van der Waals surface area contributed by atoms with Gasteiger partial charge in [0.2, 0.25) is 10.0 Å². The lowest BCUT2D eigenvalue weighted by molar-refractivity contribution is 0.0570. The first-order chi connectivity index (χ1) is 14.4. The maximum absolute atomic E-state index is 13.0. The Morgan fingerprint density at radius 1 is 1.30 bits per heavy atom. The molecule has 10 nitrogen and oxygen atoms in total. The van der Waals surface area contributed by atoms with Crippen LogP contribution in [0.5, 0.6) is 0 Å². The lowest BCUT2D eigenvalue weighted by Crippen LogP contribution is -2.47. The van der Waals surface area contributed by atoms with Gasteiger partial charge in [0.1, 0.15) is 5.82 Å². The van der Waals surface area contributed by atoms with E-state index in [4.69, 9.17) is 4.74 Å². The fraction of sp³-hybridized carbons (Fsp3) is 0.632. The molecule has 4 heterocycles. The smallest absolute Gasteiger partial charge is 0.217 e. The van der Waals surface area contributed by atoms with Crippen molar-refractivity contribution in [3.8, 4) is 0 Å². The molecule has 0 amide bonds. The zero-order valence-electron chi connectivity index (χ0n) is 16.9. The van der Waals surface area contributed by atoms with Gasteiger partial charge in [0.25, 0.3) is 0 Å². The van der Waals surface area contributed by atoms with Crippen molar-refractivity contribution in [2.45, 2.75) is 37.7 Å².